The average Bonchev–Trinajstić information content (AvgIpc) is 2.38. The fourth-order valence-corrected chi connectivity index (χ4v) is 1.64. The Morgan fingerprint density at radius 2 is 1.95 bits per heavy atom. The van der Waals surface area contributed by atoms with Gasteiger partial charge in [0.2, 0.25) is 11.7 Å². The SMILES string of the molecule is CCNc1ncnc(NC(C)C(=O)NC(C)C)c1OC. The summed E-state index contributed by atoms with van der Waals surface area (Å²) in [5, 5.41) is 8.96. The minimum Gasteiger partial charge on any atom is -0.490 e. The van der Waals surface area contributed by atoms with E-state index in [0.29, 0.717) is 17.4 Å². The molecule has 0 spiro atoms. The molecule has 3 N–H and O–H groups in total. The number of aromatic nitrogens is 2. The van der Waals surface area contributed by atoms with Crippen LogP contribution in [0.5, 0.6) is 5.75 Å². The van der Waals surface area contributed by atoms with Crippen molar-refractivity contribution >= 4 is 17.5 Å². The molecule has 0 radical (unpaired) electrons. The number of nitrogens with zero attached hydrogens (tertiary/aromatic N) is 2. The molecule has 0 bridgehead atoms. The van der Waals surface area contributed by atoms with Crippen molar-refractivity contribution in [1.29, 1.82) is 0 Å². The Bertz CT molecular complexity index is 450. The maximum atomic E-state index is 11.9. The molecule has 0 saturated carbocycles. The van der Waals surface area contributed by atoms with E-state index in [1.165, 1.54) is 6.33 Å². The van der Waals surface area contributed by atoms with E-state index >= 15 is 0 Å². The highest BCUT2D eigenvalue weighted by Gasteiger charge is 2.18. The molecule has 7 heteroatoms. The fraction of sp³-hybridized carbons (Fsp3) is 0.615. The third-order valence-corrected chi connectivity index (χ3v) is 2.53. The van der Waals surface area contributed by atoms with Crippen molar-refractivity contribution in [2.45, 2.75) is 39.8 Å². The smallest absolute Gasteiger partial charge is 0.242 e. The summed E-state index contributed by atoms with van der Waals surface area (Å²) in [5.41, 5.74) is 0. The number of rotatable bonds is 7. The predicted molar refractivity (Wildman–Crippen MR) is 79.1 cm³/mol. The van der Waals surface area contributed by atoms with E-state index in [1.807, 2.05) is 20.8 Å². The molecule has 1 heterocycles. The molecule has 1 amide bonds. The van der Waals surface area contributed by atoms with Crippen LogP contribution in [0.3, 0.4) is 0 Å². The van der Waals surface area contributed by atoms with Gasteiger partial charge in [-0.2, -0.15) is 0 Å². The summed E-state index contributed by atoms with van der Waals surface area (Å²) in [6.07, 6.45) is 1.43. The second kappa shape index (κ2) is 7.52. The lowest BCUT2D eigenvalue weighted by Gasteiger charge is -2.18. The Kier molecular flexibility index (Phi) is 6.02. The van der Waals surface area contributed by atoms with Crippen molar-refractivity contribution in [1.82, 2.24) is 15.3 Å². The molecule has 0 saturated heterocycles. The van der Waals surface area contributed by atoms with Crippen molar-refractivity contribution in [3.63, 3.8) is 0 Å². The quantitative estimate of drug-likeness (QED) is 0.697. The molecule has 0 aliphatic heterocycles. The lowest BCUT2D eigenvalue weighted by atomic mass is 10.2. The zero-order chi connectivity index (χ0) is 15.1. The highest BCUT2D eigenvalue weighted by atomic mass is 16.5. The maximum absolute atomic E-state index is 11.9. The molecule has 112 valence electrons. The van der Waals surface area contributed by atoms with Gasteiger partial charge in [-0.1, -0.05) is 0 Å². The number of carbonyl (C=O) groups excluding carboxylic acids is 1. The van der Waals surface area contributed by atoms with Gasteiger partial charge in [0.05, 0.1) is 7.11 Å². The molecule has 7 nitrogen and oxygen atoms in total. The predicted octanol–water partition coefficient (Wildman–Crippen LogP) is 1.24. The van der Waals surface area contributed by atoms with Crippen LogP contribution in [-0.4, -0.2) is 41.6 Å². The lowest BCUT2D eigenvalue weighted by molar-refractivity contribution is -0.122. The maximum Gasteiger partial charge on any atom is 0.242 e. The van der Waals surface area contributed by atoms with Crippen molar-refractivity contribution in [2.75, 3.05) is 24.3 Å². The normalized spacial score (nSPS) is 11.9. The van der Waals surface area contributed by atoms with Crippen molar-refractivity contribution in [3.05, 3.63) is 6.33 Å². The largest absolute Gasteiger partial charge is 0.490 e. The summed E-state index contributed by atoms with van der Waals surface area (Å²) >= 11 is 0. The second-order valence-electron chi connectivity index (χ2n) is 4.66. The molecule has 1 atom stereocenters. The molecule has 0 aliphatic rings. The Hall–Kier alpha value is -2.05. The molecule has 1 unspecified atom stereocenters. The molecule has 0 fully saturated rings. The van der Waals surface area contributed by atoms with Gasteiger partial charge in [0.1, 0.15) is 12.4 Å². The van der Waals surface area contributed by atoms with E-state index in [0.717, 1.165) is 6.54 Å². The number of carbonyl (C=O) groups is 1. The lowest BCUT2D eigenvalue weighted by Crippen LogP contribution is -2.41. The highest BCUT2D eigenvalue weighted by molar-refractivity contribution is 5.84. The van der Waals surface area contributed by atoms with Crippen LogP contribution in [0.4, 0.5) is 11.6 Å². The van der Waals surface area contributed by atoms with Gasteiger partial charge in [-0.25, -0.2) is 9.97 Å². The van der Waals surface area contributed by atoms with Crippen LogP contribution in [-0.2, 0) is 4.79 Å². The van der Waals surface area contributed by atoms with Gasteiger partial charge in [0.15, 0.2) is 11.6 Å². The van der Waals surface area contributed by atoms with Gasteiger partial charge in [0.25, 0.3) is 0 Å². The molecule has 1 rings (SSSR count). The number of methoxy groups -OCH3 is 1. The number of hydrogen-bond donors (Lipinski definition) is 3. The van der Waals surface area contributed by atoms with E-state index < -0.39 is 6.04 Å². The number of amides is 1. The topological polar surface area (TPSA) is 88.2 Å². The summed E-state index contributed by atoms with van der Waals surface area (Å²) in [6.45, 7) is 8.29. The molecule has 1 aromatic heterocycles. The van der Waals surface area contributed by atoms with E-state index in [2.05, 4.69) is 25.9 Å². The Balaban J connectivity index is 2.86. The molecule has 1 aromatic rings. The van der Waals surface area contributed by atoms with Crippen LogP contribution in [0, 0.1) is 0 Å². The number of anilines is 2. The summed E-state index contributed by atoms with van der Waals surface area (Å²) in [6, 6.07) is -0.327. The molecular weight excluding hydrogens is 258 g/mol. The van der Waals surface area contributed by atoms with Crippen LogP contribution in [0.1, 0.15) is 27.7 Å². The third kappa shape index (κ3) is 4.25. The monoisotopic (exact) mass is 281 g/mol. The van der Waals surface area contributed by atoms with Crippen molar-refractivity contribution in [3.8, 4) is 5.75 Å². The van der Waals surface area contributed by atoms with E-state index in [9.17, 15) is 4.79 Å². The zero-order valence-corrected chi connectivity index (χ0v) is 12.7. The highest BCUT2D eigenvalue weighted by Crippen LogP contribution is 2.29. The van der Waals surface area contributed by atoms with Gasteiger partial charge in [0, 0.05) is 12.6 Å². The van der Waals surface area contributed by atoms with Crippen molar-refractivity contribution in [2.24, 2.45) is 0 Å². The first kappa shape index (κ1) is 16.0. The minimum absolute atomic E-state index is 0.0920. The van der Waals surface area contributed by atoms with Gasteiger partial charge < -0.3 is 20.7 Å². The van der Waals surface area contributed by atoms with E-state index in [1.54, 1.807) is 14.0 Å². The van der Waals surface area contributed by atoms with Crippen LogP contribution in [0.25, 0.3) is 0 Å². The first-order chi connectivity index (χ1) is 9.49. The summed E-state index contributed by atoms with van der Waals surface area (Å²) in [7, 11) is 1.55. The Labute approximate surface area is 119 Å². The standard InChI is InChI=1S/C13H23N5O2/c1-6-14-11-10(20-5)12(16-7-15-11)18-9(4)13(19)17-8(2)3/h7-9H,6H2,1-5H3,(H,17,19)(H2,14,15,16,18). The van der Waals surface area contributed by atoms with Crippen molar-refractivity contribution < 1.29 is 9.53 Å². The van der Waals surface area contributed by atoms with Gasteiger partial charge in [-0.15, -0.1) is 0 Å². The van der Waals surface area contributed by atoms with Crippen LogP contribution in [0.2, 0.25) is 0 Å². The first-order valence-electron chi connectivity index (χ1n) is 6.69. The minimum atomic E-state index is -0.421. The average molecular weight is 281 g/mol. The van der Waals surface area contributed by atoms with Crippen LogP contribution < -0.4 is 20.7 Å². The van der Waals surface area contributed by atoms with Crippen LogP contribution in [0.15, 0.2) is 6.33 Å². The number of ether oxygens (including phenoxy) is 1. The van der Waals surface area contributed by atoms with Gasteiger partial charge in [-0.05, 0) is 27.7 Å². The van der Waals surface area contributed by atoms with Gasteiger partial charge in [-0.3, -0.25) is 4.79 Å². The Morgan fingerprint density at radius 3 is 2.50 bits per heavy atom. The zero-order valence-electron chi connectivity index (χ0n) is 12.7. The summed E-state index contributed by atoms with van der Waals surface area (Å²) in [5.74, 6) is 1.50. The van der Waals surface area contributed by atoms with E-state index in [4.69, 9.17) is 4.74 Å². The first-order valence-corrected chi connectivity index (χ1v) is 6.69. The summed E-state index contributed by atoms with van der Waals surface area (Å²) in [4.78, 5) is 20.1. The molecule has 0 aliphatic carbocycles. The molecule has 0 aromatic carbocycles. The van der Waals surface area contributed by atoms with E-state index in [-0.39, 0.29) is 11.9 Å². The van der Waals surface area contributed by atoms with Gasteiger partial charge >= 0.3 is 0 Å². The second-order valence-corrected chi connectivity index (χ2v) is 4.66. The third-order valence-electron chi connectivity index (χ3n) is 2.53. The summed E-state index contributed by atoms with van der Waals surface area (Å²) < 4.78 is 5.31. The number of nitrogens with one attached hydrogen (secondary N) is 3. The fourth-order valence-electron chi connectivity index (χ4n) is 1.64. The Morgan fingerprint density at radius 1 is 1.30 bits per heavy atom. The molecule has 20 heavy (non-hydrogen) atoms. The van der Waals surface area contributed by atoms with Crippen LogP contribution >= 0.6 is 0 Å². The molecular formula is C13H23N5O2. The number of hydrogen-bond acceptors (Lipinski definition) is 6.